The minimum Gasteiger partial charge on any atom is -0.439 e. The van der Waals surface area contributed by atoms with Gasteiger partial charge in [0, 0.05) is 151 Å². The fourth-order valence-electron chi connectivity index (χ4n) is 11.8. The Morgan fingerprint density at radius 2 is 0.618 bits per heavy atom. The van der Waals surface area contributed by atoms with Crippen LogP contribution in [0.1, 0.15) is 27.8 Å². The number of carbonyl (C=O) groups excluding carboxylic acids is 4. The number of aromatic nitrogens is 8. The summed E-state index contributed by atoms with van der Waals surface area (Å²) in [6, 6.07) is 46.5. The lowest BCUT2D eigenvalue weighted by molar-refractivity contribution is -0.139. The number of hydrogen-bond acceptors (Lipinski definition) is 26. The van der Waals surface area contributed by atoms with E-state index in [9.17, 15) is 71.9 Å². The molecule has 13 rings (SSSR count). The number of rotatable bonds is 34. The molecular weight excluding hydrogens is 1810 g/mol. The Balaban J connectivity index is 0.000000188. The van der Waals surface area contributed by atoms with Crippen LogP contribution >= 0.6 is 0 Å². The third-order valence-corrected chi connectivity index (χ3v) is 18.4. The van der Waals surface area contributed by atoms with E-state index in [1.165, 1.54) is 79.9 Å². The summed E-state index contributed by atoms with van der Waals surface area (Å²) >= 11 is 0. The molecule has 46 heteroatoms. The van der Waals surface area contributed by atoms with Gasteiger partial charge in [-0.3, -0.25) is 4.90 Å². The largest absolute Gasteiger partial charge is 0.439 e. The topological polar surface area (TPSA) is 396 Å². The van der Waals surface area contributed by atoms with Crippen molar-refractivity contribution >= 4 is 92.9 Å². The summed E-state index contributed by atoms with van der Waals surface area (Å²) in [6.07, 6.45) is -12.6. The predicted molar refractivity (Wildman–Crippen MR) is 485 cm³/mol. The van der Waals surface area contributed by atoms with E-state index in [1.807, 2.05) is 11.9 Å². The van der Waals surface area contributed by atoms with E-state index >= 15 is 0 Å². The van der Waals surface area contributed by atoms with Gasteiger partial charge in [0.15, 0.2) is 0 Å². The Kier molecular flexibility index (Phi) is 38.4. The number of benzene rings is 8. The molecule has 136 heavy (non-hydrogen) atoms. The molecular formula is C90H92F12N22O12. The molecule has 1 aliphatic rings. The fourth-order valence-corrected chi connectivity index (χ4v) is 11.8. The number of piperazine rings is 1. The third-order valence-electron chi connectivity index (χ3n) is 18.4. The number of halogens is 12. The second-order valence-corrected chi connectivity index (χ2v) is 28.6. The lowest BCUT2D eigenvalue weighted by Crippen LogP contribution is -2.44. The first-order valence-corrected chi connectivity index (χ1v) is 41.0. The van der Waals surface area contributed by atoms with Crippen molar-refractivity contribution in [2.24, 2.45) is 0 Å². The van der Waals surface area contributed by atoms with Crippen molar-refractivity contribution in [2.75, 3.05) is 178 Å². The molecule has 34 nitrogen and oxygen atoms in total. The van der Waals surface area contributed by atoms with Crippen LogP contribution in [0.4, 0.5) is 141 Å². The lowest BCUT2D eigenvalue weighted by atomic mass is 10.0. The van der Waals surface area contributed by atoms with Crippen LogP contribution in [0, 0.1) is 0 Å². The van der Waals surface area contributed by atoms with Gasteiger partial charge in [-0.1, -0.05) is 24.3 Å². The highest BCUT2D eigenvalue weighted by atomic mass is 19.4. The molecule has 0 radical (unpaired) electrons. The fraction of sp³-hybridized carbons (Fsp3) is 0.244. The zero-order valence-corrected chi connectivity index (χ0v) is 73.1. The molecule has 8 aromatic carbocycles. The summed E-state index contributed by atoms with van der Waals surface area (Å²) in [5, 5.41) is 32.0. The van der Waals surface area contributed by atoms with E-state index in [2.05, 4.69) is 109 Å². The second kappa shape index (κ2) is 50.9. The number of urea groups is 4. The lowest BCUT2D eigenvalue weighted by Gasteiger charge is -2.33. The average molecular weight is 1900 g/mol. The van der Waals surface area contributed by atoms with Crippen molar-refractivity contribution in [3.8, 4) is 46.5 Å². The number of nitrogens with zero attached hydrogens (tertiary/aromatic N) is 10. The number of amides is 8. The molecule has 718 valence electrons. The van der Waals surface area contributed by atoms with Crippen LogP contribution in [-0.4, -0.2) is 188 Å². The number of methoxy groups -OCH3 is 4. The Bertz CT molecular complexity index is 5790. The van der Waals surface area contributed by atoms with Crippen molar-refractivity contribution in [1.82, 2.24) is 49.7 Å². The van der Waals surface area contributed by atoms with E-state index in [0.29, 0.717) is 158 Å². The summed E-state index contributed by atoms with van der Waals surface area (Å²) in [5.41, 5.74) is -1.50. The van der Waals surface area contributed by atoms with Crippen molar-refractivity contribution in [1.29, 1.82) is 0 Å². The number of likely N-dealkylation sites (N-methyl/N-ethyl adjacent to an activating group) is 1. The minimum absolute atomic E-state index is 0.0240. The first-order valence-electron chi connectivity index (χ1n) is 41.0. The maximum absolute atomic E-state index is 13.8. The van der Waals surface area contributed by atoms with Crippen LogP contribution in [0.3, 0.4) is 0 Å². The maximum Gasteiger partial charge on any atom is 0.418 e. The molecule has 1 fully saturated rings. The molecule has 0 atom stereocenters. The van der Waals surface area contributed by atoms with Gasteiger partial charge in [0.25, 0.3) is 0 Å². The molecule has 0 spiro atoms. The van der Waals surface area contributed by atoms with Crippen LogP contribution in [-0.2, 0) is 50.2 Å². The Morgan fingerprint density at radius 1 is 0.309 bits per heavy atom. The first kappa shape index (κ1) is 103. The molecule has 1 saturated heterocycles. The number of ether oxygens (including phenoxy) is 8. The maximum atomic E-state index is 13.8. The number of anilines is 12. The summed E-state index contributed by atoms with van der Waals surface area (Å²) < 4.78 is 199. The van der Waals surface area contributed by atoms with Gasteiger partial charge >= 0.3 is 48.8 Å². The molecule has 0 bridgehead atoms. The molecule has 0 aliphatic carbocycles. The van der Waals surface area contributed by atoms with Crippen LogP contribution in [0.2, 0.25) is 0 Å². The van der Waals surface area contributed by atoms with Crippen molar-refractivity contribution in [3.05, 3.63) is 265 Å². The smallest absolute Gasteiger partial charge is 0.418 e. The highest BCUT2D eigenvalue weighted by Gasteiger charge is 2.36. The van der Waals surface area contributed by atoms with E-state index in [1.54, 1.807) is 150 Å². The number of para-hydroxylation sites is 1. The van der Waals surface area contributed by atoms with E-state index < -0.39 is 71.1 Å². The highest BCUT2D eigenvalue weighted by molar-refractivity contribution is 6.02. The molecule has 8 amide bonds. The van der Waals surface area contributed by atoms with Crippen LogP contribution in [0.15, 0.2) is 238 Å². The number of carbonyl (C=O) groups is 4. The van der Waals surface area contributed by atoms with Crippen molar-refractivity contribution in [2.45, 2.75) is 31.2 Å². The summed E-state index contributed by atoms with van der Waals surface area (Å²) in [5.74, 6) is 5.48. The molecule has 5 heterocycles. The average Bonchev–Trinajstić information content (AvgIpc) is 0.805. The third kappa shape index (κ3) is 35.5. The Labute approximate surface area is 770 Å². The summed E-state index contributed by atoms with van der Waals surface area (Å²) in [6.45, 7) is 7.62. The van der Waals surface area contributed by atoms with Gasteiger partial charge in [-0.2, -0.15) is 52.7 Å². The Hall–Kier alpha value is -15.5. The van der Waals surface area contributed by atoms with Gasteiger partial charge in [-0.15, -0.1) is 0 Å². The van der Waals surface area contributed by atoms with Gasteiger partial charge in [-0.25, -0.2) is 59.0 Å². The zero-order valence-electron chi connectivity index (χ0n) is 73.1. The summed E-state index contributed by atoms with van der Waals surface area (Å²) in [7, 11) is 8.40. The van der Waals surface area contributed by atoms with Crippen molar-refractivity contribution in [3.63, 3.8) is 0 Å². The number of nitrogens with one attached hydrogen (secondary N) is 12. The minimum atomic E-state index is -4.58. The normalized spacial score (nSPS) is 12.0. The van der Waals surface area contributed by atoms with Gasteiger partial charge in [0.05, 0.1) is 54.4 Å². The molecule has 1 aliphatic heterocycles. The second-order valence-electron chi connectivity index (χ2n) is 28.6. The summed E-state index contributed by atoms with van der Waals surface area (Å²) in [4.78, 5) is 85.5. The van der Waals surface area contributed by atoms with E-state index in [0.717, 1.165) is 49.5 Å². The number of hydrogen-bond donors (Lipinski definition) is 12. The van der Waals surface area contributed by atoms with Crippen LogP contribution in [0.25, 0.3) is 0 Å². The molecule has 4 aromatic heterocycles. The molecule has 12 N–H and O–H groups in total. The first-order chi connectivity index (χ1) is 65.2. The van der Waals surface area contributed by atoms with Gasteiger partial charge in [-0.05, 0) is 176 Å². The van der Waals surface area contributed by atoms with Crippen LogP contribution in [0.5, 0.6) is 46.5 Å². The zero-order chi connectivity index (χ0) is 97.5. The van der Waals surface area contributed by atoms with Gasteiger partial charge in [0.2, 0.25) is 23.5 Å². The van der Waals surface area contributed by atoms with Crippen molar-refractivity contribution < 1.29 is 110 Å². The SMILES string of the molecule is COCCNc1cc(Oc2ccc(NC(=O)Nc3ccc(C(F)(F)F)cc3)cc2)ncn1.COCCNc1cc(Oc2ccc(NC(=O)Nc3ccc(CN4CCN(C)CC4)c(C(F)(F)F)c3)cc2)ncn1.COCCNc1cc(Oc2ccc(NC(=O)Nc3cccc(C(F)(F)F)c3)cc2)ncn1.COCCNc1cc(Oc2ccc(NC(=O)Nc3ccccc3C(F)(F)F)cc2)ncn1. The molecule has 12 aromatic rings. The predicted octanol–water partition coefficient (Wildman–Crippen LogP) is 19.7. The quantitative estimate of drug-likeness (QED) is 0.0132. The standard InChI is InChI=1S/C27H32F3N7O3.3C21H20F3N5O3/c1-36-10-12-37(13-11-36)17-19-3-4-21(15-23(19)27(28,29)30)35-26(38)34-20-5-7-22(8-6-20)40-25-16-24(32-18-33-25)31-9-14-39-2;1-31-11-10-25-18-12-19(27-13-26-18)32-17-8-6-16(7-9-17)29-20(30)28-15-4-2-14(3-5-15)21(22,23)24;1-31-10-9-25-18-12-19(27-13-26-18)32-17-7-5-15(6-8-17)28-20(30)29-16-4-2-3-14(11-16)21(22,23)24;1-31-11-10-25-18-12-19(27-13-26-18)32-15-8-6-14(7-9-15)28-20(30)29-17-5-3-2-4-16(17)21(22,23)24/h3-8,15-16,18H,9-14,17H2,1-2H3,(H,31,32,33)(H2,34,35,38);2-9,12-13H,10-11H2,1H3,(H,25,26,27)(H2,28,29,30);2-8,11-13H,9-10H2,1H3,(H,25,26,27)(H2,28,29,30);2-9,12-13H,10-11H2,1H3,(H,25,26,27)(H2,28,29,30). The molecule has 0 saturated carbocycles. The van der Waals surface area contributed by atoms with E-state index in [-0.39, 0.29) is 34.9 Å². The molecule has 0 unspecified atom stereocenters. The Morgan fingerprint density at radius 3 is 0.949 bits per heavy atom. The monoisotopic (exact) mass is 1900 g/mol. The van der Waals surface area contributed by atoms with Gasteiger partial charge in [0.1, 0.15) is 71.6 Å². The number of alkyl halides is 12. The van der Waals surface area contributed by atoms with E-state index in [4.69, 9.17) is 37.9 Å². The van der Waals surface area contributed by atoms with Crippen LogP contribution < -0.4 is 82.7 Å². The van der Waals surface area contributed by atoms with Gasteiger partial charge < -0.3 is 107 Å². The highest BCUT2D eigenvalue weighted by Crippen LogP contribution is 2.39.